The van der Waals surface area contributed by atoms with Gasteiger partial charge in [0.1, 0.15) is 0 Å². The number of hydrogen-bond acceptors (Lipinski definition) is 4. The van der Waals surface area contributed by atoms with Crippen LogP contribution in [0.15, 0.2) is 67.1 Å². The Labute approximate surface area is 193 Å². The summed E-state index contributed by atoms with van der Waals surface area (Å²) in [5.74, 6) is 0. The Morgan fingerprint density at radius 3 is 2.19 bits per heavy atom. The van der Waals surface area contributed by atoms with E-state index in [1.807, 2.05) is 53.5 Å². The highest BCUT2D eigenvalue weighted by atomic mass is 35.5. The van der Waals surface area contributed by atoms with E-state index in [1.54, 1.807) is 0 Å². The summed E-state index contributed by atoms with van der Waals surface area (Å²) in [6, 6.07) is 16.0. The monoisotopic (exact) mass is 441 g/mol. The maximum atomic E-state index is 6.14. The maximum absolute atomic E-state index is 6.14. The smallest absolute Gasteiger partial charge is 0.0995 e. The van der Waals surface area contributed by atoms with E-state index >= 15 is 0 Å². The summed E-state index contributed by atoms with van der Waals surface area (Å²) in [5.41, 5.74) is 8.25. The highest BCUT2D eigenvalue weighted by molar-refractivity contribution is 6.30. The van der Waals surface area contributed by atoms with Crippen LogP contribution in [-0.4, -0.2) is 45.3 Å². The molecule has 0 saturated heterocycles. The third-order valence-corrected chi connectivity index (χ3v) is 5.87. The van der Waals surface area contributed by atoms with Crippen LogP contribution in [0.25, 0.3) is 34.3 Å². The average Bonchev–Trinajstić information content (AvgIpc) is 3.34. The SMILES string of the molecule is CN(C)CCCn1cc(C=C2c3cccnc3-c3ncccc32)c(-c2ccc(Cl)cc2)n1. The topological polar surface area (TPSA) is 46.8 Å². The van der Waals surface area contributed by atoms with E-state index in [0.717, 1.165) is 69.4 Å². The molecule has 0 atom stereocenters. The molecule has 32 heavy (non-hydrogen) atoms. The lowest BCUT2D eigenvalue weighted by Gasteiger charge is -2.08. The van der Waals surface area contributed by atoms with Crippen LogP contribution >= 0.6 is 11.6 Å². The predicted molar refractivity (Wildman–Crippen MR) is 130 cm³/mol. The van der Waals surface area contributed by atoms with Crippen molar-refractivity contribution in [2.45, 2.75) is 13.0 Å². The zero-order chi connectivity index (χ0) is 22.1. The van der Waals surface area contributed by atoms with Crippen LogP contribution in [0.5, 0.6) is 0 Å². The average molecular weight is 442 g/mol. The second kappa shape index (κ2) is 8.69. The molecule has 0 unspecified atom stereocenters. The van der Waals surface area contributed by atoms with Crippen molar-refractivity contribution < 1.29 is 0 Å². The van der Waals surface area contributed by atoms with Crippen LogP contribution in [0.1, 0.15) is 23.1 Å². The molecule has 5 rings (SSSR count). The molecule has 0 aliphatic heterocycles. The number of hydrogen-bond donors (Lipinski definition) is 0. The van der Waals surface area contributed by atoms with Crippen LogP contribution in [0, 0.1) is 0 Å². The normalized spacial score (nSPS) is 12.2. The Morgan fingerprint density at radius 1 is 0.906 bits per heavy atom. The van der Waals surface area contributed by atoms with Gasteiger partial charge in [0.05, 0.1) is 17.1 Å². The summed E-state index contributed by atoms with van der Waals surface area (Å²) >= 11 is 6.14. The first-order chi connectivity index (χ1) is 15.6. The summed E-state index contributed by atoms with van der Waals surface area (Å²) < 4.78 is 2.04. The van der Waals surface area contributed by atoms with E-state index in [9.17, 15) is 0 Å². The fourth-order valence-corrected chi connectivity index (χ4v) is 4.24. The highest BCUT2D eigenvalue weighted by Crippen LogP contribution is 2.43. The molecular weight excluding hydrogens is 418 g/mol. The molecular formula is C26H24ClN5. The Balaban J connectivity index is 1.61. The third kappa shape index (κ3) is 3.97. The lowest BCUT2D eigenvalue weighted by Crippen LogP contribution is -2.15. The van der Waals surface area contributed by atoms with Gasteiger partial charge in [-0.15, -0.1) is 0 Å². The molecule has 6 heteroatoms. The Hall–Kier alpha value is -3.28. The minimum Gasteiger partial charge on any atom is -0.309 e. The zero-order valence-corrected chi connectivity index (χ0v) is 18.9. The van der Waals surface area contributed by atoms with E-state index in [0.29, 0.717) is 0 Å². The molecule has 0 spiro atoms. The van der Waals surface area contributed by atoms with E-state index in [2.05, 4.69) is 53.4 Å². The van der Waals surface area contributed by atoms with Crippen LogP contribution in [0.4, 0.5) is 0 Å². The van der Waals surface area contributed by atoms with Gasteiger partial charge in [-0.05, 0) is 63.0 Å². The largest absolute Gasteiger partial charge is 0.309 e. The first kappa shape index (κ1) is 20.6. The first-order valence-corrected chi connectivity index (χ1v) is 11.1. The molecule has 0 bridgehead atoms. The third-order valence-electron chi connectivity index (χ3n) is 5.62. The molecule has 0 N–H and O–H groups in total. The molecule has 0 saturated carbocycles. The van der Waals surface area contributed by atoms with Gasteiger partial charge < -0.3 is 4.90 Å². The van der Waals surface area contributed by atoms with Crippen molar-refractivity contribution >= 4 is 23.3 Å². The van der Waals surface area contributed by atoms with E-state index in [1.165, 1.54) is 0 Å². The second-order valence-electron chi connectivity index (χ2n) is 8.22. The summed E-state index contributed by atoms with van der Waals surface area (Å²) in [6.45, 7) is 1.88. The Kier molecular flexibility index (Phi) is 5.60. The minimum absolute atomic E-state index is 0.717. The molecule has 0 radical (unpaired) electrons. The molecule has 0 fully saturated rings. The molecule has 1 aliphatic carbocycles. The van der Waals surface area contributed by atoms with Gasteiger partial charge in [0, 0.05) is 52.4 Å². The number of aryl methyl sites for hydroxylation is 1. The van der Waals surface area contributed by atoms with Crippen molar-refractivity contribution in [3.63, 3.8) is 0 Å². The molecule has 1 aliphatic rings. The molecule has 5 nitrogen and oxygen atoms in total. The van der Waals surface area contributed by atoms with Gasteiger partial charge in [-0.3, -0.25) is 14.6 Å². The number of benzene rings is 1. The van der Waals surface area contributed by atoms with Crippen molar-refractivity contribution in [2.75, 3.05) is 20.6 Å². The van der Waals surface area contributed by atoms with Gasteiger partial charge in [0.2, 0.25) is 0 Å². The summed E-state index contributed by atoms with van der Waals surface area (Å²) in [4.78, 5) is 11.4. The van der Waals surface area contributed by atoms with Crippen molar-refractivity contribution in [1.29, 1.82) is 0 Å². The lowest BCUT2D eigenvalue weighted by molar-refractivity contribution is 0.381. The summed E-state index contributed by atoms with van der Waals surface area (Å²) in [5, 5.41) is 5.66. The standard InChI is InChI=1S/C26H24ClN5/c1-31(2)14-5-15-32-17-19(24(30-32)18-8-10-20(27)11-9-18)16-23-21-6-3-12-28-25(21)26-22(23)7-4-13-29-26/h3-4,6-13,16-17H,5,14-15H2,1-2H3. The molecule has 160 valence electrons. The number of nitrogens with zero attached hydrogens (tertiary/aromatic N) is 5. The molecule has 3 aromatic heterocycles. The lowest BCUT2D eigenvalue weighted by atomic mass is 10.0. The van der Waals surface area contributed by atoms with Crippen molar-refractivity contribution in [3.05, 3.63) is 88.8 Å². The molecule has 1 aromatic carbocycles. The van der Waals surface area contributed by atoms with Crippen LogP contribution < -0.4 is 0 Å². The summed E-state index contributed by atoms with van der Waals surface area (Å²) in [7, 11) is 4.18. The summed E-state index contributed by atoms with van der Waals surface area (Å²) in [6.07, 6.45) is 9.03. The fraction of sp³-hybridized carbons (Fsp3) is 0.192. The van der Waals surface area contributed by atoms with Gasteiger partial charge in [0.15, 0.2) is 0 Å². The van der Waals surface area contributed by atoms with Gasteiger partial charge in [-0.1, -0.05) is 35.9 Å². The van der Waals surface area contributed by atoms with E-state index < -0.39 is 0 Å². The minimum atomic E-state index is 0.717. The van der Waals surface area contributed by atoms with Crippen molar-refractivity contribution in [3.8, 4) is 22.6 Å². The molecule has 0 amide bonds. The number of pyridine rings is 2. The van der Waals surface area contributed by atoms with Gasteiger partial charge >= 0.3 is 0 Å². The van der Waals surface area contributed by atoms with Gasteiger partial charge in [0.25, 0.3) is 0 Å². The number of fused-ring (bicyclic) bond motifs is 3. The first-order valence-electron chi connectivity index (χ1n) is 10.7. The Bertz CT molecular complexity index is 1240. The number of aromatic nitrogens is 4. The van der Waals surface area contributed by atoms with Gasteiger partial charge in [-0.2, -0.15) is 5.10 Å². The zero-order valence-electron chi connectivity index (χ0n) is 18.2. The molecule has 4 aromatic rings. The van der Waals surface area contributed by atoms with Gasteiger partial charge in [-0.25, -0.2) is 0 Å². The molecule has 3 heterocycles. The van der Waals surface area contributed by atoms with Crippen LogP contribution in [-0.2, 0) is 6.54 Å². The quantitative estimate of drug-likeness (QED) is 0.348. The number of halogens is 1. The highest BCUT2D eigenvalue weighted by Gasteiger charge is 2.26. The predicted octanol–water partition coefficient (Wildman–Crippen LogP) is 5.51. The number of rotatable bonds is 6. The fourth-order valence-electron chi connectivity index (χ4n) is 4.12. The van der Waals surface area contributed by atoms with Crippen LogP contribution in [0.3, 0.4) is 0 Å². The van der Waals surface area contributed by atoms with Crippen molar-refractivity contribution in [1.82, 2.24) is 24.6 Å². The Morgan fingerprint density at radius 2 is 1.56 bits per heavy atom. The second-order valence-corrected chi connectivity index (χ2v) is 8.65. The van der Waals surface area contributed by atoms with Crippen LogP contribution in [0.2, 0.25) is 5.02 Å². The maximum Gasteiger partial charge on any atom is 0.0995 e. The van der Waals surface area contributed by atoms with E-state index in [-0.39, 0.29) is 0 Å². The van der Waals surface area contributed by atoms with Crippen molar-refractivity contribution in [2.24, 2.45) is 0 Å². The van der Waals surface area contributed by atoms with E-state index in [4.69, 9.17) is 16.7 Å².